The number of rotatable bonds is 4. The first-order chi connectivity index (χ1) is 6.80. The minimum Gasteiger partial charge on any atom is -0.444 e. The van der Waals surface area contributed by atoms with Gasteiger partial charge in [0.25, 0.3) is 0 Å². The fourth-order valence-electron chi connectivity index (χ4n) is 0.991. The average molecular weight is 215 g/mol. The minimum absolute atomic E-state index is 0.00746. The number of carbonyl (C=O) groups excluding carboxylic acids is 1. The Kier molecular flexibility index (Phi) is 5.36. The van der Waals surface area contributed by atoms with Gasteiger partial charge in [0.05, 0.1) is 6.04 Å². The maximum atomic E-state index is 11.4. The molecule has 0 aromatic heterocycles. The molecule has 1 amide bonds. The molecule has 4 heteroatoms. The highest BCUT2D eigenvalue weighted by molar-refractivity contribution is 5.68. The van der Waals surface area contributed by atoms with Crippen LogP contribution in [0.3, 0.4) is 0 Å². The summed E-state index contributed by atoms with van der Waals surface area (Å²) in [5, 5.41) is 11.6. The quantitative estimate of drug-likeness (QED) is 0.702. The van der Waals surface area contributed by atoms with E-state index >= 15 is 0 Å². The highest BCUT2D eigenvalue weighted by Crippen LogP contribution is 2.08. The Morgan fingerprint density at radius 2 is 2.13 bits per heavy atom. The molecule has 0 aliphatic carbocycles. The first-order valence-electron chi connectivity index (χ1n) is 5.03. The van der Waals surface area contributed by atoms with E-state index in [4.69, 9.17) is 9.84 Å². The number of ether oxygens (including phenoxy) is 1. The molecule has 0 radical (unpaired) electrons. The van der Waals surface area contributed by atoms with Gasteiger partial charge in [0.1, 0.15) is 5.60 Å². The number of amides is 1. The zero-order chi connectivity index (χ0) is 12.1. The molecule has 0 aliphatic rings. The smallest absolute Gasteiger partial charge is 0.408 e. The molecule has 0 fully saturated rings. The summed E-state index contributed by atoms with van der Waals surface area (Å²) >= 11 is 0. The first-order valence-corrected chi connectivity index (χ1v) is 5.03. The Hall–Kier alpha value is -1.03. The number of nitrogens with one attached hydrogen (secondary N) is 1. The standard InChI is InChI=1S/C11H21NO3/c1-6-9(8(2)7-13)12-10(14)15-11(3,4)5/h6,8-9,13H,1,7H2,2-5H3,(H,12,14). The van der Waals surface area contributed by atoms with Crippen molar-refractivity contribution < 1.29 is 14.6 Å². The zero-order valence-corrected chi connectivity index (χ0v) is 9.91. The lowest BCUT2D eigenvalue weighted by Crippen LogP contribution is -2.42. The number of aliphatic hydroxyl groups is 1. The summed E-state index contributed by atoms with van der Waals surface area (Å²) in [7, 11) is 0. The van der Waals surface area contributed by atoms with Gasteiger partial charge in [0.15, 0.2) is 0 Å². The van der Waals surface area contributed by atoms with Crippen molar-refractivity contribution in [2.75, 3.05) is 6.61 Å². The average Bonchev–Trinajstić information content (AvgIpc) is 2.10. The van der Waals surface area contributed by atoms with Crippen LogP contribution in [-0.2, 0) is 4.74 Å². The van der Waals surface area contributed by atoms with Crippen molar-refractivity contribution in [3.63, 3.8) is 0 Å². The van der Waals surface area contributed by atoms with Crippen molar-refractivity contribution >= 4 is 6.09 Å². The van der Waals surface area contributed by atoms with Gasteiger partial charge in [-0.15, -0.1) is 6.58 Å². The lowest BCUT2D eigenvalue weighted by atomic mass is 10.0. The molecule has 0 heterocycles. The molecule has 0 bridgehead atoms. The molecule has 2 N–H and O–H groups in total. The van der Waals surface area contributed by atoms with Crippen LogP contribution in [0.4, 0.5) is 4.79 Å². The summed E-state index contributed by atoms with van der Waals surface area (Å²) in [5.74, 6) is -0.0741. The van der Waals surface area contributed by atoms with Gasteiger partial charge in [-0.25, -0.2) is 4.79 Å². The molecule has 2 atom stereocenters. The summed E-state index contributed by atoms with van der Waals surface area (Å²) < 4.78 is 5.09. The van der Waals surface area contributed by atoms with E-state index in [2.05, 4.69) is 11.9 Å². The predicted molar refractivity (Wildman–Crippen MR) is 59.6 cm³/mol. The minimum atomic E-state index is -0.516. The first kappa shape index (κ1) is 14.0. The van der Waals surface area contributed by atoms with Crippen LogP contribution in [0.25, 0.3) is 0 Å². The van der Waals surface area contributed by atoms with Crippen molar-refractivity contribution in [1.82, 2.24) is 5.32 Å². The van der Waals surface area contributed by atoms with Crippen molar-refractivity contribution in [3.05, 3.63) is 12.7 Å². The molecule has 0 saturated heterocycles. The largest absolute Gasteiger partial charge is 0.444 e. The summed E-state index contributed by atoms with van der Waals surface area (Å²) in [6.07, 6.45) is 1.10. The van der Waals surface area contributed by atoms with E-state index in [-0.39, 0.29) is 18.6 Å². The van der Waals surface area contributed by atoms with E-state index in [1.807, 2.05) is 6.92 Å². The van der Waals surface area contributed by atoms with E-state index < -0.39 is 11.7 Å². The fraction of sp³-hybridized carbons (Fsp3) is 0.727. The van der Waals surface area contributed by atoms with Crippen LogP contribution in [0.15, 0.2) is 12.7 Å². The third-order valence-corrected chi connectivity index (χ3v) is 1.84. The van der Waals surface area contributed by atoms with Crippen molar-refractivity contribution in [2.24, 2.45) is 5.92 Å². The molecule has 2 unspecified atom stereocenters. The molecule has 0 spiro atoms. The van der Waals surface area contributed by atoms with E-state index in [1.54, 1.807) is 26.8 Å². The Morgan fingerprint density at radius 3 is 2.47 bits per heavy atom. The number of hydrogen-bond donors (Lipinski definition) is 2. The van der Waals surface area contributed by atoms with Crippen LogP contribution in [0.2, 0.25) is 0 Å². The lowest BCUT2D eigenvalue weighted by molar-refractivity contribution is 0.0493. The fourth-order valence-corrected chi connectivity index (χ4v) is 0.991. The van der Waals surface area contributed by atoms with Crippen LogP contribution < -0.4 is 5.32 Å². The van der Waals surface area contributed by atoms with Crippen molar-refractivity contribution in [2.45, 2.75) is 39.3 Å². The van der Waals surface area contributed by atoms with Gasteiger partial charge >= 0.3 is 6.09 Å². The number of aliphatic hydroxyl groups excluding tert-OH is 1. The third kappa shape index (κ3) is 6.12. The Balaban J connectivity index is 4.19. The van der Waals surface area contributed by atoms with Crippen LogP contribution in [0.1, 0.15) is 27.7 Å². The maximum Gasteiger partial charge on any atom is 0.408 e. The van der Waals surface area contributed by atoms with Gasteiger partial charge in [-0.3, -0.25) is 0 Å². The molecule has 0 aromatic carbocycles. The molecule has 4 nitrogen and oxygen atoms in total. The third-order valence-electron chi connectivity index (χ3n) is 1.84. The van der Waals surface area contributed by atoms with E-state index in [1.165, 1.54) is 0 Å². The number of hydrogen-bond acceptors (Lipinski definition) is 3. The highest BCUT2D eigenvalue weighted by Gasteiger charge is 2.20. The summed E-state index contributed by atoms with van der Waals surface area (Å²) in [6.45, 7) is 10.8. The van der Waals surface area contributed by atoms with Crippen LogP contribution in [-0.4, -0.2) is 29.4 Å². The maximum absolute atomic E-state index is 11.4. The molecule has 88 valence electrons. The molecule has 0 saturated carbocycles. The molecular formula is C11H21NO3. The van der Waals surface area contributed by atoms with Gasteiger partial charge in [0.2, 0.25) is 0 Å². The Bertz CT molecular complexity index is 220. The number of carbonyl (C=O) groups is 1. The molecular weight excluding hydrogens is 194 g/mol. The van der Waals surface area contributed by atoms with Gasteiger partial charge < -0.3 is 15.2 Å². The van der Waals surface area contributed by atoms with E-state index in [0.29, 0.717) is 0 Å². The second-order valence-electron chi connectivity index (χ2n) is 4.57. The summed E-state index contributed by atoms with van der Waals surface area (Å²) in [5.41, 5.74) is -0.516. The molecule has 15 heavy (non-hydrogen) atoms. The van der Waals surface area contributed by atoms with E-state index in [0.717, 1.165) is 0 Å². The summed E-state index contributed by atoms with van der Waals surface area (Å²) in [6, 6.07) is -0.273. The van der Waals surface area contributed by atoms with Crippen molar-refractivity contribution in [1.29, 1.82) is 0 Å². The second-order valence-corrected chi connectivity index (χ2v) is 4.57. The molecule has 0 aromatic rings. The van der Waals surface area contributed by atoms with Gasteiger partial charge in [-0.1, -0.05) is 13.0 Å². The normalized spacial score (nSPS) is 15.3. The SMILES string of the molecule is C=CC(NC(=O)OC(C)(C)C)C(C)CO. The zero-order valence-electron chi connectivity index (χ0n) is 9.91. The Morgan fingerprint density at radius 1 is 1.60 bits per heavy atom. The highest BCUT2D eigenvalue weighted by atomic mass is 16.6. The van der Waals surface area contributed by atoms with Crippen LogP contribution >= 0.6 is 0 Å². The topological polar surface area (TPSA) is 58.6 Å². The molecule has 0 aliphatic heterocycles. The van der Waals surface area contributed by atoms with Crippen LogP contribution in [0, 0.1) is 5.92 Å². The lowest BCUT2D eigenvalue weighted by Gasteiger charge is -2.24. The number of alkyl carbamates (subject to hydrolysis) is 1. The van der Waals surface area contributed by atoms with Crippen LogP contribution in [0.5, 0.6) is 0 Å². The Labute approximate surface area is 91.3 Å². The molecule has 0 rings (SSSR count). The van der Waals surface area contributed by atoms with E-state index in [9.17, 15) is 4.79 Å². The predicted octanol–water partition coefficient (Wildman–Crippen LogP) is 1.69. The van der Waals surface area contributed by atoms with Gasteiger partial charge in [-0.2, -0.15) is 0 Å². The van der Waals surface area contributed by atoms with Gasteiger partial charge in [0, 0.05) is 12.5 Å². The monoisotopic (exact) mass is 215 g/mol. The van der Waals surface area contributed by atoms with Crippen molar-refractivity contribution in [3.8, 4) is 0 Å². The summed E-state index contributed by atoms with van der Waals surface area (Å²) in [4.78, 5) is 11.4. The van der Waals surface area contributed by atoms with Gasteiger partial charge in [-0.05, 0) is 20.8 Å². The second kappa shape index (κ2) is 5.75.